The summed E-state index contributed by atoms with van der Waals surface area (Å²) in [7, 11) is 0. The number of rotatable bonds is 3. The summed E-state index contributed by atoms with van der Waals surface area (Å²) in [5.41, 5.74) is 1.57. The predicted molar refractivity (Wildman–Crippen MR) is 87.9 cm³/mol. The average Bonchev–Trinajstić information content (AvgIpc) is 2.92. The zero-order valence-electron chi connectivity index (χ0n) is 13.3. The van der Waals surface area contributed by atoms with Gasteiger partial charge in [0.05, 0.1) is 0 Å². The fourth-order valence-electron chi connectivity index (χ4n) is 4.07. The van der Waals surface area contributed by atoms with Crippen molar-refractivity contribution in [2.24, 2.45) is 11.3 Å². The van der Waals surface area contributed by atoms with E-state index in [0.717, 1.165) is 31.4 Å². The summed E-state index contributed by atoms with van der Waals surface area (Å²) in [6.07, 6.45) is 1.32. The molecule has 1 aliphatic heterocycles. The van der Waals surface area contributed by atoms with Crippen LogP contribution in [0.2, 0.25) is 5.02 Å². The first kappa shape index (κ1) is 15.4. The van der Waals surface area contributed by atoms with E-state index in [1.165, 1.54) is 0 Å². The number of hydrogen-bond acceptors (Lipinski definition) is 4. The fraction of sp³-hybridized carbons (Fsp3) is 0.529. The van der Waals surface area contributed by atoms with E-state index in [1.54, 1.807) is 18.2 Å². The van der Waals surface area contributed by atoms with Crippen LogP contribution in [-0.2, 0) is 4.79 Å². The summed E-state index contributed by atoms with van der Waals surface area (Å²) in [4.78, 5) is 18.2. The average molecular weight is 368 g/mol. The maximum Gasteiger partial charge on any atom is 0.298 e. The van der Waals surface area contributed by atoms with Crippen molar-refractivity contribution < 1.29 is 18.0 Å². The Hall–Kier alpha value is -1.89. The van der Waals surface area contributed by atoms with E-state index in [1.807, 2.05) is 0 Å². The summed E-state index contributed by atoms with van der Waals surface area (Å²) in [6, 6.07) is 5.91. The van der Waals surface area contributed by atoms with Gasteiger partial charge in [-0.05, 0) is 31.0 Å². The molecule has 5 nitrogen and oxygen atoms in total. The molecule has 0 radical (unpaired) electrons. The van der Waals surface area contributed by atoms with Gasteiger partial charge in [-0.3, -0.25) is 4.79 Å². The molecule has 1 amide bonds. The van der Waals surface area contributed by atoms with Crippen LogP contribution in [0.15, 0.2) is 22.6 Å². The molecule has 2 heterocycles. The normalized spacial score (nSPS) is 26.4. The number of nitrogens with one attached hydrogen (secondary N) is 1. The number of oxazole rings is 1. The van der Waals surface area contributed by atoms with Gasteiger partial charge in [-0.15, -0.1) is 0 Å². The highest BCUT2D eigenvalue weighted by atomic mass is 35.5. The van der Waals surface area contributed by atoms with Crippen molar-refractivity contribution >= 4 is 34.6 Å². The molecule has 132 valence electrons. The van der Waals surface area contributed by atoms with Crippen LogP contribution >= 0.6 is 11.6 Å². The molecule has 3 fully saturated rings. The zero-order chi connectivity index (χ0) is 17.4. The summed E-state index contributed by atoms with van der Waals surface area (Å²) < 4.78 is 31.6. The minimum Gasteiger partial charge on any atom is -0.423 e. The lowest BCUT2D eigenvalue weighted by molar-refractivity contribution is -0.127. The van der Waals surface area contributed by atoms with Crippen LogP contribution in [0.3, 0.4) is 0 Å². The smallest absolute Gasteiger partial charge is 0.298 e. The maximum absolute atomic E-state index is 12.9. The maximum atomic E-state index is 12.9. The molecule has 1 spiro atoms. The summed E-state index contributed by atoms with van der Waals surface area (Å²) in [5.74, 6) is -4.42. The van der Waals surface area contributed by atoms with Gasteiger partial charge in [0.25, 0.3) is 11.9 Å². The molecule has 1 atom stereocenters. The Labute approximate surface area is 147 Å². The fourth-order valence-corrected chi connectivity index (χ4v) is 4.23. The number of halogens is 3. The van der Waals surface area contributed by atoms with Gasteiger partial charge in [0, 0.05) is 36.0 Å². The zero-order valence-corrected chi connectivity index (χ0v) is 14.0. The van der Waals surface area contributed by atoms with E-state index in [2.05, 4.69) is 15.2 Å². The molecule has 25 heavy (non-hydrogen) atoms. The number of hydrogen-bond donors (Lipinski definition) is 1. The monoisotopic (exact) mass is 367 g/mol. The number of benzene rings is 1. The van der Waals surface area contributed by atoms with Gasteiger partial charge in [0.2, 0.25) is 5.91 Å². The number of fused-ring (bicyclic) bond motifs is 1. The second-order valence-electron chi connectivity index (χ2n) is 7.60. The van der Waals surface area contributed by atoms with Gasteiger partial charge in [-0.1, -0.05) is 11.6 Å². The van der Waals surface area contributed by atoms with E-state index >= 15 is 0 Å². The minimum absolute atomic E-state index is 0.00786. The van der Waals surface area contributed by atoms with Crippen molar-refractivity contribution in [2.75, 3.05) is 18.0 Å². The van der Waals surface area contributed by atoms with Gasteiger partial charge in [-0.2, -0.15) is 4.98 Å². The van der Waals surface area contributed by atoms with Crippen molar-refractivity contribution in [3.8, 4) is 0 Å². The topological polar surface area (TPSA) is 58.4 Å². The molecular weight excluding hydrogens is 352 g/mol. The van der Waals surface area contributed by atoms with E-state index in [4.69, 9.17) is 16.0 Å². The Bertz CT molecular complexity index is 870. The first-order valence-electron chi connectivity index (χ1n) is 8.33. The molecular formula is C17H16ClF2N3O2. The SMILES string of the molecule is O=C(NC1CC2(C1)CN(c1nc3cc(Cl)ccc3o1)C2)C1CC1(F)F. The Morgan fingerprint density at radius 1 is 1.32 bits per heavy atom. The van der Waals surface area contributed by atoms with E-state index in [9.17, 15) is 13.6 Å². The number of aromatic nitrogens is 1. The highest BCUT2D eigenvalue weighted by Crippen LogP contribution is 2.52. The lowest BCUT2D eigenvalue weighted by Gasteiger charge is -2.58. The summed E-state index contributed by atoms with van der Waals surface area (Å²) >= 11 is 5.96. The Kier molecular flexibility index (Phi) is 2.98. The Morgan fingerprint density at radius 3 is 2.72 bits per heavy atom. The van der Waals surface area contributed by atoms with E-state index in [0.29, 0.717) is 16.6 Å². The third kappa shape index (κ3) is 2.47. The van der Waals surface area contributed by atoms with Crippen LogP contribution in [0.4, 0.5) is 14.8 Å². The Morgan fingerprint density at radius 2 is 2.04 bits per heavy atom. The quantitative estimate of drug-likeness (QED) is 0.905. The lowest BCUT2D eigenvalue weighted by atomic mass is 9.60. The van der Waals surface area contributed by atoms with Gasteiger partial charge in [0.15, 0.2) is 5.58 Å². The first-order chi connectivity index (χ1) is 11.8. The molecule has 1 aromatic carbocycles. The van der Waals surface area contributed by atoms with Crippen molar-refractivity contribution in [2.45, 2.75) is 31.2 Å². The van der Waals surface area contributed by atoms with Crippen molar-refractivity contribution in [3.63, 3.8) is 0 Å². The highest BCUT2D eigenvalue weighted by molar-refractivity contribution is 6.31. The molecule has 1 N–H and O–H groups in total. The molecule has 1 saturated heterocycles. The van der Waals surface area contributed by atoms with Crippen molar-refractivity contribution in [1.29, 1.82) is 0 Å². The molecule has 2 aliphatic carbocycles. The van der Waals surface area contributed by atoms with Gasteiger partial charge in [-0.25, -0.2) is 8.78 Å². The lowest BCUT2D eigenvalue weighted by Crippen LogP contribution is -2.67. The number of anilines is 1. The Balaban J connectivity index is 1.16. The third-order valence-electron chi connectivity index (χ3n) is 5.51. The standard InChI is InChI=1S/C17H16ClF2N3O2/c18-9-1-2-13-12(3-9)22-15(25-13)23-7-16(8-23)4-10(5-16)21-14(24)11-6-17(11,19)20/h1-3,10-11H,4-8H2,(H,21,24). The molecule has 0 bridgehead atoms. The number of nitrogens with zero attached hydrogens (tertiary/aromatic N) is 2. The van der Waals surface area contributed by atoms with Gasteiger partial charge >= 0.3 is 0 Å². The van der Waals surface area contributed by atoms with Crippen LogP contribution in [0.25, 0.3) is 11.1 Å². The summed E-state index contributed by atoms with van der Waals surface area (Å²) in [5, 5.41) is 3.37. The minimum atomic E-state index is -2.80. The molecule has 1 unspecified atom stereocenters. The van der Waals surface area contributed by atoms with Crippen LogP contribution in [0, 0.1) is 11.3 Å². The number of carbonyl (C=O) groups excluding carboxylic acids is 1. The largest absolute Gasteiger partial charge is 0.423 e. The number of carbonyl (C=O) groups is 1. The highest BCUT2D eigenvalue weighted by Gasteiger charge is 2.62. The molecule has 2 saturated carbocycles. The van der Waals surface area contributed by atoms with E-state index in [-0.39, 0.29) is 17.9 Å². The summed E-state index contributed by atoms with van der Waals surface area (Å²) in [6.45, 7) is 1.61. The second-order valence-corrected chi connectivity index (χ2v) is 8.03. The van der Waals surface area contributed by atoms with Crippen LogP contribution in [-0.4, -0.2) is 35.9 Å². The third-order valence-corrected chi connectivity index (χ3v) is 5.74. The number of amides is 1. The molecule has 2 aromatic rings. The first-order valence-corrected chi connectivity index (χ1v) is 8.71. The molecule has 1 aromatic heterocycles. The van der Waals surface area contributed by atoms with Gasteiger partial charge < -0.3 is 14.6 Å². The van der Waals surface area contributed by atoms with Crippen LogP contribution in [0.5, 0.6) is 0 Å². The van der Waals surface area contributed by atoms with Crippen LogP contribution in [0.1, 0.15) is 19.3 Å². The van der Waals surface area contributed by atoms with Crippen LogP contribution < -0.4 is 10.2 Å². The predicted octanol–water partition coefficient (Wildman–Crippen LogP) is 3.22. The van der Waals surface area contributed by atoms with Crippen molar-refractivity contribution in [1.82, 2.24) is 10.3 Å². The molecule has 8 heteroatoms. The second kappa shape index (κ2) is 4.84. The van der Waals surface area contributed by atoms with Crippen molar-refractivity contribution in [3.05, 3.63) is 23.2 Å². The molecule has 3 aliphatic rings. The van der Waals surface area contributed by atoms with E-state index < -0.39 is 17.7 Å². The molecule has 5 rings (SSSR count). The van der Waals surface area contributed by atoms with Gasteiger partial charge in [0.1, 0.15) is 11.4 Å². The number of alkyl halides is 2.